The van der Waals surface area contributed by atoms with Crippen molar-refractivity contribution in [2.45, 2.75) is 16.5 Å². The molecule has 158 valence electrons. The molecule has 31 heavy (non-hydrogen) atoms. The number of ether oxygens (including phenoxy) is 1. The monoisotopic (exact) mass is 437 g/mol. The Morgan fingerprint density at radius 1 is 1.06 bits per heavy atom. The van der Waals surface area contributed by atoms with Gasteiger partial charge in [-0.15, -0.1) is 0 Å². The van der Waals surface area contributed by atoms with Gasteiger partial charge in [0, 0.05) is 38.5 Å². The van der Waals surface area contributed by atoms with E-state index in [2.05, 4.69) is 21.0 Å². The second-order valence-corrected chi connectivity index (χ2v) is 8.22. The molecule has 0 bridgehead atoms. The molecule has 3 aromatic heterocycles. The number of fused-ring (bicyclic) bond motifs is 3. The quantitative estimate of drug-likeness (QED) is 0.473. The van der Waals surface area contributed by atoms with Gasteiger partial charge in [-0.25, -0.2) is 19.7 Å². The van der Waals surface area contributed by atoms with Crippen molar-refractivity contribution in [1.29, 1.82) is 0 Å². The molecular weight excluding hydrogens is 418 g/mol. The van der Waals surface area contributed by atoms with Crippen molar-refractivity contribution >= 4 is 34.4 Å². The Kier molecular flexibility index (Phi) is 4.63. The minimum Gasteiger partial charge on any atom is -0.364 e. The third-order valence-corrected chi connectivity index (χ3v) is 6.29. The minimum atomic E-state index is -0.403. The number of aryl methyl sites for hydroxylation is 1. The molecule has 0 spiro atoms. The largest absolute Gasteiger partial charge is 0.364 e. The molecule has 4 aromatic rings. The summed E-state index contributed by atoms with van der Waals surface area (Å²) in [6.45, 7) is 0.782. The molecule has 4 heterocycles. The summed E-state index contributed by atoms with van der Waals surface area (Å²) in [4.78, 5) is 41.0. The van der Waals surface area contributed by atoms with Crippen molar-refractivity contribution in [3.63, 3.8) is 0 Å². The van der Waals surface area contributed by atoms with Crippen molar-refractivity contribution < 1.29 is 4.74 Å². The first kappa shape index (κ1) is 19.5. The average Bonchev–Trinajstić information content (AvgIpc) is 3.20. The van der Waals surface area contributed by atoms with Gasteiger partial charge in [-0.2, -0.15) is 0 Å². The van der Waals surface area contributed by atoms with Crippen molar-refractivity contribution in [3.8, 4) is 0 Å². The van der Waals surface area contributed by atoms with Gasteiger partial charge in [0.25, 0.3) is 5.56 Å². The van der Waals surface area contributed by atoms with Crippen LogP contribution in [0.4, 0.5) is 11.5 Å². The molecule has 10 nitrogen and oxygen atoms in total. The first-order valence-corrected chi connectivity index (χ1v) is 10.3. The van der Waals surface area contributed by atoms with E-state index in [4.69, 9.17) is 4.74 Å². The van der Waals surface area contributed by atoms with Crippen molar-refractivity contribution in [3.05, 3.63) is 63.3 Å². The van der Waals surface area contributed by atoms with E-state index in [1.807, 2.05) is 21.6 Å². The molecule has 1 aliphatic heterocycles. The Balaban J connectivity index is 1.58. The van der Waals surface area contributed by atoms with E-state index in [1.165, 1.54) is 11.6 Å². The zero-order valence-corrected chi connectivity index (χ0v) is 18.0. The smallest absolute Gasteiger partial charge is 0.332 e. The van der Waals surface area contributed by atoms with Crippen LogP contribution < -0.4 is 16.1 Å². The zero-order valence-electron chi connectivity index (χ0n) is 17.1. The van der Waals surface area contributed by atoms with E-state index in [9.17, 15) is 9.59 Å². The number of anilines is 2. The molecule has 0 unspecified atom stereocenters. The molecule has 0 atom stereocenters. The Morgan fingerprint density at radius 3 is 2.68 bits per heavy atom. The summed E-state index contributed by atoms with van der Waals surface area (Å²) in [5.74, 6) is 0.748. The lowest BCUT2D eigenvalue weighted by Gasteiger charge is -2.30. The number of hydrogen-bond donors (Lipinski definition) is 0. The van der Waals surface area contributed by atoms with Gasteiger partial charge in [-0.1, -0.05) is 17.8 Å². The lowest BCUT2D eigenvalue weighted by molar-refractivity contribution is 0.204. The Bertz CT molecular complexity index is 1440. The van der Waals surface area contributed by atoms with Crippen LogP contribution in [0.25, 0.3) is 11.2 Å². The number of rotatable bonds is 4. The highest BCUT2D eigenvalue weighted by Crippen LogP contribution is 2.46. The first-order valence-electron chi connectivity index (χ1n) is 9.48. The summed E-state index contributed by atoms with van der Waals surface area (Å²) in [6, 6.07) is 6.11. The van der Waals surface area contributed by atoms with Crippen LogP contribution in [0.3, 0.4) is 0 Å². The number of methoxy groups -OCH3 is 1. The van der Waals surface area contributed by atoms with Crippen LogP contribution in [0.2, 0.25) is 0 Å². The van der Waals surface area contributed by atoms with Gasteiger partial charge in [-0.05, 0) is 17.7 Å². The summed E-state index contributed by atoms with van der Waals surface area (Å²) in [5, 5.41) is 0.825. The Morgan fingerprint density at radius 2 is 1.87 bits per heavy atom. The lowest BCUT2D eigenvalue weighted by atomic mass is 10.2. The molecular formula is C20H19N7O3S. The minimum absolute atomic E-state index is 0.267. The van der Waals surface area contributed by atoms with Crippen LogP contribution in [0.1, 0.15) is 5.56 Å². The molecule has 0 saturated carbocycles. The average molecular weight is 437 g/mol. The molecule has 0 saturated heterocycles. The molecule has 1 aliphatic rings. The third-order valence-electron chi connectivity index (χ3n) is 5.24. The van der Waals surface area contributed by atoms with Gasteiger partial charge in [0.05, 0.1) is 18.6 Å². The number of imidazole rings is 1. The van der Waals surface area contributed by atoms with Crippen LogP contribution >= 0.6 is 11.8 Å². The fourth-order valence-electron chi connectivity index (χ4n) is 3.76. The van der Waals surface area contributed by atoms with Crippen LogP contribution in [-0.4, -0.2) is 42.5 Å². The van der Waals surface area contributed by atoms with Gasteiger partial charge in [-0.3, -0.25) is 18.8 Å². The van der Waals surface area contributed by atoms with Gasteiger partial charge in [0.2, 0.25) is 0 Å². The van der Waals surface area contributed by atoms with Crippen molar-refractivity contribution in [2.75, 3.05) is 18.7 Å². The molecule has 1 aromatic carbocycles. The molecule has 11 heteroatoms. The summed E-state index contributed by atoms with van der Waals surface area (Å²) < 4.78 is 9.73. The number of aromatic nitrogens is 6. The fourth-order valence-corrected chi connectivity index (χ4v) is 4.75. The molecule has 0 radical (unpaired) electrons. The van der Waals surface area contributed by atoms with E-state index in [1.54, 1.807) is 44.6 Å². The predicted octanol–water partition coefficient (Wildman–Crippen LogP) is 1.48. The second-order valence-electron chi connectivity index (χ2n) is 7.19. The summed E-state index contributed by atoms with van der Waals surface area (Å²) in [5.41, 5.74) is 1.92. The van der Waals surface area contributed by atoms with E-state index >= 15 is 0 Å². The number of hydrogen-bond acceptors (Lipinski definition) is 8. The van der Waals surface area contributed by atoms with Crippen LogP contribution in [0, 0.1) is 0 Å². The zero-order chi connectivity index (χ0) is 21.7. The van der Waals surface area contributed by atoms with E-state index in [0.717, 1.165) is 31.6 Å². The second kappa shape index (κ2) is 7.36. The maximum Gasteiger partial charge on any atom is 0.332 e. The first-order chi connectivity index (χ1) is 15.0. The van der Waals surface area contributed by atoms with Crippen LogP contribution in [0.5, 0.6) is 0 Å². The van der Waals surface area contributed by atoms with Crippen LogP contribution in [-0.2, 0) is 25.4 Å². The SMILES string of the molecule is COCN1c2cc(Cn3cnc4c(=O)n(C)c(=O)n(C)c43)ccc2Sc2nccnc21. The van der Waals surface area contributed by atoms with Crippen LogP contribution in [0.15, 0.2) is 56.4 Å². The van der Waals surface area contributed by atoms with E-state index in [0.29, 0.717) is 18.9 Å². The number of nitrogens with zero attached hydrogens (tertiary/aromatic N) is 7. The highest BCUT2D eigenvalue weighted by Gasteiger charge is 2.26. The topological polar surface area (TPSA) is 100 Å². The van der Waals surface area contributed by atoms with Crippen molar-refractivity contribution in [1.82, 2.24) is 28.7 Å². The molecule has 0 aliphatic carbocycles. The Labute approximate surface area is 180 Å². The fraction of sp³-hybridized carbons (Fsp3) is 0.250. The Hall–Kier alpha value is -3.44. The maximum absolute atomic E-state index is 12.4. The van der Waals surface area contributed by atoms with Gasteiger partial charge in [0.15, 0.2) is 11.3 Å². The van der Waals surface area contributed by atoms with Gasteiger partial charge >= 0.3 is 5.69 Å². The molecule has 5 rings (SSSR count). The highest BCUT2D eigenvalue weighted by molar-refractivity contribution is 7.99. The third kappa shape index (κ3) is 3.04. The summed E-state index contributed by atoms with van der Waals surface area (Å²) in [6.07, 6.45) is 4.93. The van der Waals surface area contributed by atoms with E-state index in [-0.39, 0.29) is 11.2 Å². The highest BCUT2D eigenvalue weighted by atomic mass is 32.2. The van der Waals surface area contributed by atoms with Gasteiger partial charge in [0.1, 0.15) is 17.4 Å². The maximum atomic E-state index is 12.4. The molecule has 0 fully saturated rings. The van der Waals surface area contributed by atoms with Crippen molar-refractivity contribution in [2.24, 2.45) is 14.1 Å². The summed E-state index contributed by atoms with van der Waals surface area (Å²) >= 11 is 1.56. The lowest BCUT2D eigenvalue weighted by Crippen LogP contribution is -2.37. The normalized spacial score (nSPS) is 12.8. The predicted molar refractivity (Wildman–Crippen MR) is 116 cm³/mol. The van der Waals surface area contributed by atoms with E-state index < -0.39 is 5.56 Å². The summed E-state index contributed by atoms with van der Waals surface area (Å²) in [7, 11) is 4.73. The van der Waals surface area contributed by atoms with Gasteiger partial charge < -0.3 is 9.30 Å². The standard InChI is InChI=1S/C20H19N7O3S/c1-24-18-15(19(28)25(2)20(24)29)23-10-26(18)9-12-4-5-14-13(8-12)27(11-30-3)16-17(31-14)22-7-6-21-16/h4-8,10H,9,11H2,1-3H3. The molecule has 0 N–H and O–H groups in total. The molecule has 0 amide bonds. The number of benzene rings is 1.